The van der Waals surface area contributed by atoms with Gasteiger partial charge < -0.3 is 15.8 Å². The summed E-state index contributed by atoms with van der Waals surface area (Å²) in [4.78, 5) is 21.1. The second kappa shape index (κ2) is 10.1. The van der Waals surface area contributed by atoms with Crippen LogP contribution >= 0.6 is 0 Å². The Morgan fingerprint density at radius 3 is 2.61 bits per heavy atom. The van der Waals surface area contributed by atoms with Gasteiger partial charge in [-0.1, -0.05) is 30.3 Å². The molecule has 4 N–H and O–H groups in total. The van der Waals surface area contributed by atoms with E-state index in [0.717, 1.165) is 12.2 Å². The van der Waals surface area contributed by atoms with Crippen LogP contribution in [0.4, 0.5) is 17.2 Å². The highest BCUT2D eigenvalue weighted by molar-refractivity contribution is 6.04. The third-order valence-corrected chi connectivity index (χ3v) is 4.92. The maximum absolute atomic E-state index is 12.7. The molecule has 0 aliphatic rings. The molecule has 1 amide bonds. The normalized spacial score (nSPS) is 10.4. The molecule has 0 saturated heterocycles. The van der Waals surface area contributed by atoms with Crippen LogP contribution in [0.25, 0.3) is 11.3 Å². The first-order chi connectivity index (χ1) is 16.1. The van der Waals surface area contributed by atoms with E-state index in [4.69, 9.17) is 16.0 Å². The summed E-state index contributed by atoms with van der Waals surface area (Å²) in [6.45, 7) is 0.572. The van der Waals surface area contributed by atoms with Crippen LogP contribution in [-0.4, -0.2) is 22.5 Å². The highest BCUT2D eigenvalue weighted by Crippen LogP contribution is 2.25. The van der Waals surface area contributed by atoms with Crippen LogP contribution in [0, 0.1) is 5.53 Å². The van der Waals surface area contributed by atoms with Crippen LogP contribution in [0.3, 0.4) is 0 Å². The molecule has 2 aromatic heterocycles. The Hall–Kier alpha value is -4.59. The minimum absolute atomic E-state index is 0. The van der Waals surface area contributed by atoms with E-state index in [-0.39, 0.29) is 14.6 Å². The number of amides is 1. The fourth-order valence-electron chi connectivity index (χ4n) is 3.18. The number of aromatic nitrogens is 2. The molecule has 0 aliphatic heterocycles. The van der Waals surface area contributed by atoms with Gasteiger partial charge in [0, 0.05) is 32.9 Å². The average Bonchev–Trinajstić information content (AvgIpc) is 2.86. The number of rotatable bonds is 8. The number of nitrogens with zero attached hydrogens (tertiary/aromatic N) is 3. The smallest absolute Gasteiger partial charge is 0.257 e. The van der Waals surface area contributed by atoms with E-state index in [1.807, 2.05) is 30.3 Å². The number of hydrogen-bond acceptors (Lipinski definition) is 7. The van der Waals surface area contributed by atoms with Gasteiger partial charge in [0.2, 0.25) is 0 Å². The number of nitrogens with one attached hydrogen (secondary N) is 2. The van der Waals surface area contributed by atoms with Gasteiger partial charge in [-0.15, -0.1) is 5.11 Å². The molecule has 168 valence electrons. The molecule has 0 bridgehead atoms. The lowest BCUT2D eigenvalue weighted by atomic mass is 10.1. The van der Waals surface area contributed by atoms with Crippen LogP contribution in [0.2, 0.25) is 0 Å². The van der Waals surface area contributed by atoms with Crippen molar-refractivity contribution in [3.63, 3.8) is 0 Å². The van der Waals surface area contributed by atoms with Crippen molar-refractivity contribution in [2.75, 3.05) is 17.7 Å². The van der Waals surface area contributed by atoms with Crippen LogP contribution in [0.5, 0.6) is 5.75 Å². The summed E-state index contributed by atoms with van der Waals surface area (Å²) < 4.78 is 5.79. The molecule has 0 radical (unpaired) electrons. The van der Waals surface area contributed by atoms with Gasteiger partial charge in [0.1, 0.15) is 5.75 Å². The number of nitrogens with two attached hydrogens (primary N) is 1. The molecular formula is C25H26N6O2. The van der Waals surface area contributed by atoms with Gasteiger partial charge in [0.05, 0.1) is 23.6 Å². The number of carbonyl (C=O) groups excluding carboxylic acids is 1. The number of hydrogen-bond donors (Lipinski definition) is 3. The summed E-state index contributed by atoms with van der Waals surface area (Å²) >= 11 is 0. The predicted octanol–water partition coefficient (Wildman–Crippen LogP) is 5.75. The van der Waals surface area contributed by atoms with Crippen molar-refractivity contribution < 1.29 is 12.4 Å². The standard InChI is InChI=1S/C25H22N6O2.2H2/c26-22-10-11-23(30-24(22)31-27)18-14-19(16-28-15-18)25(32)29-20-6-8-21(9-7-20)33-13-12-17-4-2-1-3-5-17;;/h1-11,14-16,27H,12-13,26H2,(H,29,32);2*1H. The van der Waals surface area contributed by atoms with Gasteiger partial charge in [0.25, 0.3) is 5.91 Å². The van der Waals surface area contributed by atoms with Crippen molar-refractivity contribution in [1.29, 1.82) is 5.53 Å². The molecule has 2 aromatic carbocycles. The Morgan fingerprint density at radius 1 is 1.06 bits per heavy atom. The van der Waals surface area contributed by atoms with Crippen LogP contribution in [0.15, 0.2) is 90.3 Å². The first-order valence-electron chi connectivity index (χ1n) is 10.3. The van der Waals surface area contributed by atoms with Gasteiger partial charge in [-0.3, -0.25) is 9.78 Å². The summed E-state index contributed by atoms with van der Waals surface area (Å²) in [5.74, 6) is 0.550. The molecule has 4 rings (SSSR count). The van der Waals surface area contributed by atoms with Crippen molar-refractivity contribution in [2.24, 2.45) is 5.11 Å². The Balaban J connectivity index is 0.00000216. The highest BCUT2D eigenvalue weighted by atomic mass is 16.5. The third kappa shape index (κ3) is 5.56. The van der Waals surface area contributed by atoms with Gasteiger partial charge in [0.15, 0.2) is 5.82 Å². The van der Waals surface area contributed by atoms with Crippen molar-refractivity contribution in [2.45, 2.75) is 6.42 Å². The van der Waals surface area contributed by atoms with E-state index >= 15 is 0 Å². The van der Waals surface area contributed by atoms with Crippen LogP contribution in [0.1, 0.15) is 18.8 Å². The second-order valence-corrected chi connectivity index (χ2v) is 7.25. The number of carbonyl (C=O) groups is 1. The molecule has 0 aliphatic carbocycles. The third-order valence-electron chi connectivity index (χ3n) is 4.92. The van der Waals surface area contributed by atoms with Crippen molar-refractivity contribution in [3.8, 4) is 17.0 Å². The van der Waals surface area contributed by atoms with Crippen LogP contribution in [-0.2, 0) is 6.42 Å². The van der Waals surface area contributed by atoms with E-state index in [1.54, 1.807) is 36.5 Å². The number of nitrogen functional groups attached to an aromatic ring is 1. The van der Waals surface area contributed by atoms with Crippen molar-refractivity contribution in [3.05, 3.63) is 96.3 Å². The fourth-order valence-corrected chi connectivity index (χ4v) is 3.18. The summed E-state index contributed by atoms with van der Waals surface area (Å²) in [6.07, 6.45) is 3.89. The molecule has 0 fully saturated rings. The average molecular weight is 443 g/mol. The molecular weight excluding hydrogens is 416 g/mol. The number of ether oxygens (including phenoxy) is 1. The largest absolute Gasteiger partial charge is 0.493 e. The quantitative estimate of drug-likeness (QED) is 0.299. The molecule has 0 atom stereocenters. The lowest BCUT2D eigenvalue weighted by Crippen LogP contribution is -2.12. The van der Waals surface area contributed by atoms with E-state index in [2.05, 4.69) is 32.5 Å². The summed E-state index contributed by atoms with van der Waals surface area (Å²) in [5.41, 5.74) is 16.6. The Bertz CT molecular complexity index is 1270. The maximum Gasteiger partial charge on any atom is 0.257 e. The van der Waals surface area contributed by atoms with E-state index in [0.29, 0.717) is 34.8 Å². The van der Waals surface area contributed by atoms with Crippen molar-refractivity contribution in [1.82, 2.24) is 9.97 Å². The van der Waals surface area contributed by atoms with Gasteiger partial charge in [-0.2, -0.15) is 0 Å². The van der Waals surface area contributed by atoms with Gasteiger partial charge in [-0.25, -0.2) is 10.5 Å². The molecule has 4 aromatic rings. The summed E-state index contributed by atoms with van der Waals surface area (Å²) in [6, 6.07) is 22.3. The zero-order valence-corrected chi connectivity index (χ0v) is 17.7. The topological polar surface area (TPSA) is 126 Å². The monoisotopic (exact) mass is 442 g/mol. The second-order valence-electron chi connectivity index (χ2n) is 7.25. The van der Waals surface area contributed by atoms with Gasteiger partial charge in [-0.05, 0) is 48.0 Å². The zero-order chi connectivity index (χ0) is 23.0. The minimum Gasteiger partial charge on any atom is -0.493 e. The van der Waals surface area contributed by atoms with E-state index in [9.17, 15) is 4.79 Å². The van der Waals surface area contributed by atoms with Crippen molar-refractivity contribution >= 4 is 23.1 Å². The summed E-state index contributed by atoms with van der Waals surface area (Å²) in [7, 11) is 0. The zero-order valence-electron chi connectivity index (χ0n) is 17.7. The lowest BCUT2D eigenvalue weighted by Gasteiger charge is -2.09. The molecule has 2 heterocycles. The molecule has 0 saturated carbocycles. The van der Waals surface area contributed by atoms with E-state index < -0.39 is 0 Å². The lowest BCUT2D eigenvalue weighted by molar-refractivity contribution is 0.102. The Labute approximate surface area is 194 Å². The number of pyridine rings is 2. The maximum atomic E-state index is 12.7. The molecule has 0 unspecified atom stereocenters. The SMILES string of the molecule is N=Nc1nc(-c2cncc(C(=O)Nc3ccc(OCCc4ccccc4)cc3)c2)ccc1N.[HH].[HH]. The number of anilines is 2. The Kier molecular flexibility index (Phi) is 6.65. The molecule has 33 heavy (non-hydrogen) atoms. The molecule has 0 spiro atoms. The molecule has 8 heteroatoms. The number of benzene rings is 2. The first kappa shape index (κ1) is 21.6. The Morgan fingerprint density at radius 2 is 1.85 bits per heavy atom. The fraction of sp³-hybridized carbons (Fsp3) is 0.0800. The van der Waals surface area contributed by atoms with Gasteiger partial charge >= 0.3 is 0 Å². The van der Waals surface area contributed by atoms with Crippen LogP contribution < -0.4 is 15.8 Å². The predicted molar refractivity (Wildman–Crippen MR) is 131 cm³/mol. The first-order valence-corrected chi connectivity index (χ1v) is 10.3. The highest BCUT2D eigenvalue weighted by Gasteiger charge is 2.11. The minimum atomic E-state index is -0.303. The summed E-state index contributed by atoms with van der Waals surface area (Å²) in [5, 5.41) is 6.17. The molecule has 8 nitrogen and oxygen atoms in total. The van der Waals surface area contributed by atoms with E-state index in [1.165, 1.54) is 11.8 Å².